The number of fused-ring (bicyclic) bond motifs is 1. The molecule has 0 radical (unpaired) electrons. The number of hydrogen-bond donors (Lipinski definition) is 1. The molecular formula is C17H24N2O3S. The van der Waals surface area contributed by atoms with E-state index < -0.39 is 0 Å². The molecular weight excluding hydrogens is 312 g/mol. The van der Waals surface area contributed by atoms with Gasteiger partial charge in [0.15, 0.2) is 0 Å². The number of aryl methyl sites for hydroxylation is 1. The monoisotopic (exact) mass is 336 g/mol. The average molecular weight is 336 g/mol. The second kappa shape index (κ2) is 7.45. The highest BCUT2D eigenvalue weighted by Crippen LogP contribution is 2.38. The Morgan fingerprint density at radius 1 is 1.17 bits per heavy atom. The van der Waals surface area contributed by atoms with Gasteiger partial charge in [-0.2, -0.15) is 0 Å². The lowest BCUT2D eigenvalue weighted by Gasteiger charge is -2.14. The van der Waals surface area contributed by atoms with Gasteiger partial charge in [-0.1, -0.05) is 0 Å². The Balaban J connectivity index is 1.78. The second-order valence-electron chi connectivity index (χ2n) is 6.17. The standard InChI is InChI=1S/C17H24N2O3S/c1-2-22-17(21)15-12-7-3-4-8-13(12)23-16(15)18-14(20)11-19-9-5-6-10-19/h2-11H2,1H3,(H,18,20). The zero-order chi connectivity index (χ0) is 16.2. The molecule has 1 amide bonds. The van der Waals surface area contributed by atoms with Crippen LogP contribution in [0.1, 0.15) is 53.4 Å². The summed E-state index contributed by atoms with van der Waals surface area (Å²) < 4.78 is 5.21. The van der Waals surface area contributed by atoms with Gasteiger partial charge in [-0.3, -0.25) is 9.69 Å². The molecule has 1 saturated heterocycles. The van der Waals surface area contributed by atoms with Crippen LogP contribution in [0.4, 0.5) is 5.00 Å². The van der Waals surface area contributed by atoms with Gasteiger partial charge in [0.1, 0.15) is 5.00 Å². The molecule has 6 heteroatoms. The van der Waals surface area contributed by atoms with Crippen LogP contribution in [-0.2, 0) is 22.4 Å². The Kier molecular flexibility index (Phi) is 5.33. The molecule has 23 heavy (non-hydrogen) atoms. The van der Waals surface area contributed by atoms with E-state index in [1.807, 2.05) is 6.92 Å². The summed E-state index contributed by atoms with van der Waals surface area (Å²) in [5.41, 5.74) is 1.69. The Morgan fingerprint density at radius 3 is 2.65 bits per heavy atom. The lowest BCUT2D eigenvalue weighted by Crippen LogP contribution is -2.31. The fraction of sp³-hybridized carbons (Fsp3) is 0.647. The molecule has 0 atom stereocenters. The molecule has 1 aromatic heterocycles. The van der Waals surface area contributed by atoms with E-state index >= 15 is 0 Å². The Hall–Kier alpha value is -1.40. The van der Waals surface area contributed by atoms with E-state index in [2.05, 4.69) is 10.2 Å². The van der Waals surface area contributed by atoms with E-state index in [-0.39, 0.29) is 11.9 Å². The first kappa shape index (κ1) is 16.5. The van der Waals surface area contributed by atoms with Crippen molar-refractivity contribution in [2.45, 2.75) is 45.4 Å². The number of ether oxygens (including phenoxy) is 1. The molecule has 0 aromatic carbocycles. The number of carbonyl (C=O) groups excluding carboxylic acids is 2. The summed E-state index contributed by atoms with van der Waals surface area (Å²) in [6.07, 6.45) is 6.47. The number of amides is 1. The van der Waals surface area contributed by atoms with E-state index in [1.54, 1.807) is 11.3 Å². The molecule has 1 aromatic rings. The molecule has 3 rings (SSSR count). The van der Waals surface area contributed by atoms with Gasteiger partial charge < -0.3 is 10.1 Å². The van der Waals surface area contributed by atoms with Crippen LogP contribution >= 0.6 is 11.3 Å². The molecule has 0 bridgehead atoms. The maximum absolute atomic E-state index is 12.3. The van der Waals surface area contributed by atoms with Crippen molar-refractivity contribution in [2.75, 3.05) is 31.6 Å². The van der Waals surface area contributed by atoms with Crippen LogP contribution in [0.25, 0.3) is 0 Å². The number of nitrogens with zero attached hydrogens (tertiary/aromatic N) is 1. The lowest BCUT2D eigenvalue weighted by atomic mass is 9.95. The van der Waals surface area contributed by atoms with Gasteiger partial charge in [0.25, 0.3) is 0 Å². The molecule has 1 aliphatic carbocycles. The fourth-order valence-corrected chi connectivity index (χ4v) is 4.68. The predicted octanol–water partition coefficient (Wildman–Crippen LogP) is 2.84. The van der Waals surface area contributed by atoms with Crippen molar-refractivity contribution < 1.29 is 14.3 Å². The summed E-state index contributed by atoms with van der Waals surface area (Å²) >= 11 is 1.55. The SMILES string of the molecule is CCOC(=O)c1c(NC(=O)CN2CCCC2)sc2c1CCCC2. The first-order valence-electron chi connectivity index (χ1n) is 8.53. The van der Waals surface area contributed by atoms with Crippen molar-refractivity contribution in [3.05, 3.63) is 16.0 Å². The molecule has 1 fully saturated rings. The number of likely N-dealkylation sites (tertiary alicyclic amines) is 1. The lowest BCUT2D eigenvalue weighted by molar-refractivity contribution is -0.117. The molecule has 0 unspecified atom stereocenters. The van der Waals surface area contributed by atoms with Gasteiger partial charge in [0, 0.05) is 4.88 Å². The number of carbonyl (C=O) groups is 2. The van der Waals surface area contributed by atoms with E-state index in [4.69, 9.17) is 4.74 Å². The quantitative estimate of drug-likeness (QED) is 0.840. The van der Waals surface area contributed by atoms with Gasteiger partial charge in [-0.15, -0.1) is 11.3 Å². The van der Waals surface area contributed by atoms with E-state index in [9.17, 15) is 9.59 Å². The molecule has 0 spiro atoms. The highest BCUT2D eigenvalue weighted by Gasteiger charge is 2.27. The van der Waals surface area contributed by atoms with Gasteiger partial charge in [-0.25, -0.2) is 4.79 Å². The van der Waals surface area contributed by atoms with Crippen molar-refractivity contribution in [3.8, 4) is 0 Å². The highest BCUT2D eigenvalue weighted by atomic mass is 32.1. The van der Waals surface area contributed by atoms with Crippen molar-refractivity contribution in [3.63, 3.8) is 0 Å². The summed E-state index contributed by atoms with van der Waals surface area (Å²) in [6.45, 7) is 4.54. The Labute approximate surface area is 141 Å². The van der Waals surface area contributed by atoms with Crippen molar-refractivity contribution in [1.29, 1.82) is 0 Å². The van der Waals surface area contributed by atoms with Crippen LogP contribution in [0, 0.1) is 0 Å². The summed E-state index contributed by atoms with van der Waals surface area (Å²) in [7, 11) is 0. The van der Waals surface area contributed by atoms with Crippen LogP contribution in [-0.4, -0.2) is 43.0 Å². The highest BCUT2D eigenvalue weighted by molar-refractivity contribution is 7.17. The summed E-state index contributed by atoms with van der Waals surface area (Å²) in [5.74, 6) is -0.334. The van der Waals surface area contributed by atoms with Crippen LogP contribution in [0.15, 0.2) is 0 Å². The third-order valence-electron chi connectivity index (χ3n) is 4.47. The number of rotatable bonds is 5. The fourth-order valence-electron chi connectivity index (χ4n) is 3.38. The average Bonchev–Trinajstić information content (AvgIpc) is 3.14. The zero-order valence-electron chi connectivity index (χ0n) is 13.7. The maximum atomic E-state index is 12.3. The number of nitrogens with one attached hydrogen (secondary N) is 1. The number of anilines is 1. The van der Waals surface area contributed by atoms with Gasteiger partial charge >= 0.3 is 5.97 Å². The normalized spacial score (nSPS) is 17.8. The molecule has 2 aliphatic rings. The maximum Gasteiger partial charge on any atom is 0.341 e. The molecule has 5 nitrogen and oxygen atoms in total. The molecule has 1 N–H and O–H groups in total. The third-order valence-corrected chi connectivity index (χ3v) is 5.68. The first-order chi connectivity index (χ1) is 11.2. The number of thiophene rings is 1. The van der Waals surface area contributed by atoms with Gasteiger partial charge in [0.2, 0.25) is 5.91 Å². The van der Waals surface area contributed by atoms with E-state index in [0.717, 1.165) is 57.2 Å². The van der Waals surface area contributed by atoms with Crippen LogP contribution in [0.5, 0.6) is 0 Å². The third kappa shape index (κ3) is 3.75. The number of esters is 1. The largest absolute Gasteiger partial charge is 0.462 e. The van der Waals surface area contributed by atoms with Crippen LogP contribution in [0.2, 0.25) is 0 Å². The van der Waals surface area contributed by atoms with Crippen molar-refractivity contribution in [2.24, 2.45) is 0 Å². The van der Waals surface area contributed by atoms with Crippen molar-refractivity contribution >= 4 is 28.2 Å². The van der Waals surface area contributed by atoms with E-state index in [0.29, 0.717) is 23.7 Å². The topological polar surface area (TPSA) is 58.6 Å². The zero-order valence-corrected chi connectivity index (χ0v) is 14.5. The number of hydrogen-bond acceptors (Lipinski definition) is 5. The summed E-state index contributed by atoms with van der Waals surface area (Å²) in [4.78, 5) is 28.1. The first-order valence-corrected chi connectivity index (χ1v) is 9.34. The predicted molar refractivity (Wildman–Crippen MR) is 91.2 cm³/mol. The summed E-state index contributed by atoms with van der Waals surface area (Å²) in [6, 6.07) is 0. The molecule has 126 valence electrons. The molecule has 2 heterocycles. The van der Waals surface area contributed by atoms with Gasteiger partial charge in [0.05, 0.1) is 18.7 Å². The minimum Gasteiger partial charge on any atom is -0.462 e. The second-order valence-corrected chi connectivity index (χ2v) is 7.27. The smallest absolute Gasteiger partial charge is 0.341 e. The Morgan fingerprint density at radius 2 is 1.91 bits per heavy atom. The van der Waals surface area contributed by atoms with Crippen LogP contribution < -0.4 is 5.32 Å². The summed E-state index contributed by atoms with van der Waals surface area (Å²) in [5, 5.41) is 3.65. The minimum atomic E-state index is -0.302. The minimum absolute atomic E-state index is 0.0314. The van der Waals surface area contributed by atoms with Gasteiger partial charge in [-0.05, 0) is 64.1 Å². The molecule has 1 aliphatic heterocycles. The van der Waals surface area contributed by atoms with Crippen molar-refractivity contribution in [1.82, 2.24) is 4.90 Å². The molecule has 0 saturated carbocycles. The Bertz CT molecular complexity index is 591. The van der Waals surface area contributed by atoms with E-state index in [1.165, 1.54) is 4.88 Å². The van der Waals surface area contributed by atoms with Crippen LogP contribution in [0.3, 0.4) is 0 Å².